The number of fused-ring (bicyclic) bond motifs is 1. The van der Waals surface area contributed by atoms with E-state index in [0.29, 0.717) is 38.3 Å². The van der Waals surface area contributed by atoms with Crippen LogP contribution >= 0.6 is 0 Å². The standard InChI is InChI=1S/C17H22FN5O2S/c18-14-6-4-13(5-7-14)17-20-19-16-9-8-15(12-23(16)17)21-26(24,25)22-10-2-1-3-11-22/h4-7,15,21H,1-3,8-12H2/t15-/m1/s1. The molecule has 7 nitrogen and oxygen atoms in total. The summed E-state index contributed by atoms with van der Waals surface area (Å²) in [6, 6.07) is 5.89. The van der Waals surface area contributed by atoms with E-state index in [0.717, 1.165) is 30.7 Å². The van der Waals surface area contributed by atoms with Gasteiger partial charge >= 0.3 is 0 Å². The highest BCUT2D eigenvalue weighted by Gasteiger charge is 2.30. The van der Waals surface area contributed by atoms with Gasteiger partial charge in [0.25, 0.3) is 10.2 Å². The van der Waals surface area contributed by atoms with Gasteiger partial charge in [-0.3, -0.25) is 0 Å². The Morgan fingerprint density at radius 3 is 2.54 bits per heavy atom. The summed E-state index contributed by atoms with van der Waals surface area (Å²) in [5.74, 6) is 1.17. The second-order valence-electron chi connectivity index (χ2n) is 6.88. The molecule has 9 heteroatoms. The largest absolute Gasteiger partial charge is 0.309 e. The van der Waals surface area contributed by atoms with Crippen LogP contribution in [-0.2, 0) is 23.2 Å². The van der Waals surface area contributed by atoms with E-state index in [1.165, 1.54) is 12.1 Å². The lowest BCUT2D eigenvalue weighted by atomic mass is 10.1. The number of nitrogens with zero attached hydrogens (tertiary/aromatic N) is 4. The van der Waals surface area contributed by atoms with E-state index < -0.39 is 10.2 Å². The van der Waals surface area contributed by atoms with Gasteiger partial charge in [0.1, 0.15) is 11.6 Å². The van der Waals surface area contributed by atoms with Crippen LogP contribution in [0, 0.1) is 5.82 Å². The smallest absolute Gasteiger partial charge is 0.279 e. The maximum atomic E-state index is 13.2. The van der Waals surface area contributed by atoms with Gasteiger partial charge in [-0.15, -0.1) is 10.2 Å². The molecule has 1 aromatic carbocycles. The Bertz CT molecular complexity index is 875. The van der Waals surface area contributed by atoms with Crippen molar-refractivity contribution in [2.24, 2.45) is 0 Å². The zero-order valence-electron chi connectivity index (χ0n) is 14.4. The SMILES string of the molecule is O=S(=O)(N[C@@H]1CCc2nnc(-c3ccc(F)cc3)n2C1)N1CCCCC1. The van der Waals surface area contributed by atoms with Crippen molar-refractivity contribution in [1.82, 2.24) is 23.8 Å². The fourth-order valence-electron chi connectivity index (χ4n) is 3.63. The lowest BCUT2D eigenvalue weighted by Crippen LogP contribution is -2.49. The molecule has 1 atom stereocenters. The van der Waals surface area contributed by atoms with E-state index in [1.807, 2.05) is 4.57 Å². The fourth-order valence-corrected chi connectivity index (χ4v) is 5.13. The van der Waals surface area contributed by atoms with E-state index >= 15 is 0 Å². The third-order valence-electron chi connectivity index (χ3n) is 5.02. The average Bonchev–Trinajstić information content (AvgIpc) is 3.06. The molecule has 3 heterocycles. The van der Waals surface area contributed by atoms with Crippen molar-refractivity contribution in [3.05, 3.63) is 35.9 Å². The second-order valence-corrected chi connectivity index (χ2v) is 8.58. The first-order valence-electron chi connectivity index (χ1n) is 8.98. The molecule has 26 heavy (non-hydrogen) atoms. The number of hydrogen-bond donors (Lipinski definition) is 1. The molecule has 0 radical (unpaired) electrons. The van der Waals surface area contributed by atoms with E-state index in [-0.39, 0.29) is 11.9 Å². The number of halogens is 1. The minimum absolute atomic E-state index is 0.204. The highest BCUT2D eigenvalue weighted by molar-refractivity contribution is 7.87. The summed E-state index contributed by atoms with van der Waals surface area (Å²) in [5.41, 5.74) is 0.768. The minimum Gasteiger partial charge on any atom is -0.309 e. The third kappa shape index (κ3) is 3.51. The van der Waals surface area contributed by atoms with Crippen molar-refractivity contribution in [3.8, 4) is 11.4 Å². The summed E-state index contributed by atoms with van der Waals surface area (Å²) in [6.45, 7) is 1.64. The lowest BCUT2D eigenvalue weighted by Gasteiger charge is -2.30. The molecule has 1 fully saturated rings. The first-order valence-corrected chi connectivity index (χ1v) is 10.4. The highest BCUT2D eigenvalue weighted by atomic mass is 32.2. The molecule has 0 amide bonds. The maximum absolute atomic E-state index is 13.2. The number of rotatable bonds is 4. The Kier molecular flexibility index (Phi) is 4.76. The van der Waals surface area contributed by atoms with Crippen molar-refractivity contribution in [2.45, 2.75) is 44.7 Å². The zero-order valence-corrected chi connectivity index (χ0v) is 15.3. The monoisotopic (exact) mass is 379 g/mol. The molecule has 1 saturated heterocycles. The minimum atomic E-state index is -3.47. The lowest BCUT2D eigenvalue weighted by molar-refractivity contribution is 0.331. The van der Waals surface area contributed by atoms with Gasteiger partial charge in [0, 0.05) is 37.7 Å². The van der Waals surface area contributed by atoms with E-state index in [1.54, 1.807) is 16.4 Å². The van der Waals surface area contributed by atoms with Crippen molar-refractivity contribution >= 4 is 10.2 Å². The molecule has 0 unspecified atom stereocenters. The van der Waals surface area contributed by atoms with Gasteiger partial charge in [-0.2, -0.15) is 17.4 Å². The summed E-state index contributed by atoms with van der Waals surface area (Å²) < 4.78 is 44.7. The van der Waals surface area contributed by atoms with Gasteiger partial charge in [-0.25, -0.2) is 4.39 Å². The van der Waals surface area contributed by atoms with Gasteiger partial charge in [-0.1, -0.05) is 6.42 Å². The maximum Gasteiger partial charge on any atom is 0.279 e. The van der Waals surface area contributed by atoms with Crippen molar-refractivity contribution in [2.75, 3.05) is 13.1 Å². The Morgan fingerprint density at radius 1 is 1.08 bits per heavy atom. The number of piperidine rings is 1. The molecule has 2 aromatic rings. The van der Waals surface area contributed by atoms with Gasteiger partial charge < -0.3 is 4.57 Å². The Labute approximate surface area is 152 Å². The topological polar surface area (TPSA) is 80.1 Å². The summed E-state index contributed by atoms with van der Waals surface area (Å²) >= 11 is 0. The Morgan fingerprint density at radius 2 is 1.81 bits per heavy atom. The van der Waals surface area contributed by atoms with Crippen LogP contribution in [0.3, 0.4) is 0 Å². The molecule has 0 aliphatic carbocycles. The first-order chi connectivity index (χ1) is 12.5. The van der Waals surface area contributed by atoms with Crippen LogP contribution in [0.25, 0.3) is 11.4 Å². The average molecular weight is 379 g/mol. The van der Waals surface area contributed by atoms with E-state index in [2.05, 4.69) is 14.9 Å². The molecule has 0 spiro atoms. The molecular weight excluding hydrogens is 357 g/mol. The van der Waals surface area contributed by atoms with Crippen LogP contribution in [0.15, 0.2) is 24.3 Å². The zero-order chi connectivity index (χ0) is 18.1. The molecule has 1 aromatic heterocycles. The van der Waals surface area contributed by atoms with Crippen molar-refractivity contribution < 1.29 is 12.8 Å². The number of aromatic nitrogens is 3. The first kappa shape index (κ1) is 17.6. The summed E-state index contributed by atoms with van der Waals surface area (Å²) in [7, 11) is -3.47. The fraction of sp³-hybridized carbons (Fsp3) is 0.529. The molecule has 2 aliphatic rings. The molecule has 0 saturated carbocycles. The third-order valence-corrected chi connectivity index (χ3v) is 6.70. The summed E-state index contributed by atoms with van der Waals surface area (Å²) in [4.78, 5) is 0. The summed E-state index contributed by atoms with van der Waals surface area (Å²) in [5, 5.41) is 8.43. The van der Waals surface area contributed by atoms with Crippen LogP contribution < -0.4 is 4.72 Å². The van der Waals surface area contributed by atoms with Crippen LogP contribution in [-0.4, -0.2) is 46.6 Å². The predicted molar refractivity (Wildman–Crippen MR) is 95.0 cm³/mol. The number of benzene rings is 1. The molecule has 0 bridgehead atoms. The normalized spacial score (nSPS) is 21.5. The predicted octanol–water partition coefficient (Wildman–Crippen LogP) is 1.72. The van der Waals surface area contributed by atoms with Gasteiger partial charge in [0.05, 0.1) is 0 Å². The van der Waals surface area contributed by atoms with E-state index in [4.69, 9.17) is 0 Å². The highest BCUT2D eigenvalue weighted by Crippen LogP contribution is 2.24. The molecule has 4 rings (SSSR count). The summed E-state index contributed by atoms with van der Waals surface area (Å²) in [6.07, 6.45) is 4.25. The number of nitrogens with one attached hydrogen (secondary N) is 1. The van der Waals surface area contributed by atoms with Gasteiger partial charge in [0.2, 0.25) is 0 Å². The van der Waals surface area contributed by atoms with Crippen LogP contribution in [0.1, 0.15) is 31.5 Å². The van der Waals surface area contributed by atoms with Crippen molar-refractivity contribution in [3.63, 3.8) is 0 Å². The van der Waals surface area contributed by atoms with Crippen LogP contribution in [0.5, 0.6) is 0 Å². The number of hydrogen-bond acceptors (Lipinski definition) is 4. The Hall–Kier alpha value is -1.84. The molecule has 1 N–H and O–H groups in total. The Balaban J connectivity index is 1.52. The molecular formula is C17H22FN5O2S. The van der Waals surface area contributed by atoms with Crippen LogP contribution in [0.2, 0.25) is 0 Å². The number of aryl methyl sites for hydroxylation is 1. The van der Waals surface area contributed by atoms with Gasteiger partial charge in [-0.05, 0) is 43.5 Å². The van der Waals surface area contributed by atoms with Crippen molar-refractivity contribution in [1.29, 1.82) is 0 Å². The van der Waals surface area contributed by atoms with Gasteiger partial charge in [0.15, 0.2) is 5.82 Å². The molecule has 2 aliphatic heterocycles. The van der Waals surface area contributed by atoms with Crippen LogP contribution in [0.4, 0.5) is 4.39 Å². The van der Waals surface area contributed by atoms with E-state index in [9.17, 15) is 12.8 Å². The quantitative estimate of drug-likeness (QED) is 0.877. The second kappa shape index (κ2) is 7.05. The molecule has 140 valence electrons.